The van der Waals surface area contributed by atoms with Crippen molar-refractivity contribution in [1.82, 2.24) is 4.90 Å². The van der Waals surface area contributed by atoms with Crippen molar-refractivity contribution in [2.45, 2.75) is 50.1 Å². The number of hydrogen-bond donors (Lipinski definition) is 0. The smallest absolute Gasteiger partial charge is 0.259 e. The minimum absolute atomic E-state index is 0.338. The minimum Gasteiger partial charge on any atom is -0.465 e. The van der Waals surface area contributed by atoms with Gasteiger partial charge < -0.3 is 9.64 Å². The molecule has 2 nitrogen and oxygen atoms in total. The van der Waals surface area contributed by atoms with Crippen LogP contribution in [-0.4, -0.2) is 37.1 Å². The van der Waals surface area contributed by atoms with Gasteiger partial charge in [0.25, 0.3) is 5.17 Å². The van der Waals surface area contributed by atoms with Crippen molar-refractivity contribution >= 4 is 25.2 Å². The van der Waals surface area contributed by atoms with Crippen molar-refractivity contribution in [3.63, 3.8) is 0 Å². The lowest BCUT2D eigenvalue weighted by molar-refractivity contribution is 0.174. The SMILES string of the molecule is BC1(C)CCCC2[C@H](C1)OC(=S)N2C. The number of ether oxygens (including phenoxy) is 1. The number of thiocarbonyl (C=S) groups is 1. The van der Waals surface area contributed by atoms with E-state index < -0.39 is 0 Å². The van der Waals surface area contributed by atoms with Crippen LogP contribution in [0.4, 0.5) is 0 Å². The lowest BCUT2D eigenvalue weighted by Crippen LogP contribution is -2.33. The van der Waals surface area contributed by atoms with Gasteiger partial charge in [-0.15, -0.1) is 0 Å². The molecule has 4 heteroatoms. The molecule has 1 heterocycles. The highest BCUT2D eigenvalue weighted by Gasteiger charge is 2.41. The lowest BCUT2D eigenvalue weighted by Gasteiger charge is -2.25. The van der Waals surface area contributed by atoms with Crippen molar-refractivity contribution in [2.24, 2.45) is 0 Å². The van der Waals surface area contributed by atoms with Crippen molar-refractivity contribution in [3.05, 3.63) is 0 Å². The van der Waals surface area contributed by atoms with Gasteiger partial charge in [-0.3, -0.25) is 0 Å². The first-order chi connectivity index (χ1) is 6.49. The topological polar surface area (TPSA) is 12.5 Å². The van der Waals surface area contributed by atoms with Crippen LogP contribution in [0.1, 0.15) is 32.6 Å². The van der Waals surface area contributed by atoms with Crippen LogP contribution in [0.3, 0.4) is 0 Å². The Balaban J connectivity index is 2.14. The van der Waals surface area contributed by atoms with Gasteiger partial charge in [0.2, 0.25) is 0 Å². The molecule has 78 valence electrons. The second kappa shape index (κ2) is 3.40. The standard InChI is InChI=1S/C10H18BNOS/c1-10(11)5-3-4-7-8(6-10)13-9(14)12(7)2/h7-8H,3-6,11H2,1-2H3/t7?,8-,10?/m0/s1. The van der Waals surface area contributed by atoms with Gasteiger partial charge >= 0.3 is 0 Å². The summed E-state index contributed by atoms with van der Waals surface area (Å²) in [6.45, 7) is 2.33. The zero-order valence-electron chi connectivity index (χ0n) is 9.25. The second-order valence-electron chi connectivity index (χ2n) is 5.36. The van der Waals surface area contributed by atoms with E-state index in [1.54, 1.807) is 0 Å². The summed E-state index contributed by atoms with van der Waals surface area (Å²) in [6, 6.07) is 0.532. The molecule has 0 spiro atoms. The zero-order valence-corrected chi connectivity index (χ0v) is 10.1. The van der Waals surface area contributed by atoms with Crippen molar-refractivity contribution in [1.29, 1.82) is 0 Å². The Labute approximate surface area is 92.4 Å². The fourth-order valence-corrected chi connectivity index (χ4v) is 2.93. The van der Waals surface area contributed by atoms with Crippen LogP contribution in [0.25, 0.3) is 0 Å². The molecule has 1 aliphatic heterocycles. The van der Waals surface area contributed by atoms with E-state index in [2.05, 4.69) is 26.7 Å². The molecule has 1 saturated carbocycles. The third-order valence-electron chi connectivity index (χ3n) is 3.57. The molecule has 0 aromatic carbocycles. The fourth-order valence-electron chi connectivity index (χ4n) is 2.67. The summed E-state index contributed by atoms with van der Waals surface area (Å²) in [5.74, 6) is 0. The van der Waals surface area contributed by atoms with Crippen LogP contribution in [0.15, 0.2) is 0 Å². The summed E-state index contributed by atoms with van der Waals surface area (Å²) >= 11 is 5.18. The molecule has 0 amide bonds. The van der Waals surface area contributed by atoms with E-state index in [-0.39, 0.29) is 0 Å². The summed E-state index contributed by atoms with van der Waals surface area (Å²) in [7, 11) is 4.39. The zero-order chi connectivity index (χ0) is 10.3. The Morgan fingerprint density at radius 3 is 3.07 bits per heavy atom. The van der Waals surface area contributed by atoms with E-state index in [4.69, 9.17) is 17.0 Å². The number of fused-ring (bicyclic) bond motifs is 1. The van der Waals surface area contributed by atoms with E-state index in [0.29, 0.717) is 22.6 Å². The van der Waals surface area contributed by atoms with Gasteiger partial charge in [-0.05, 0) is 25.1 Å². The van der Waals surface area contributed by atoms with Gasteiger partial charge in [-0.1, -0.05) is 25.1 Å². The molecular formula is C10H18BNOS. The largest absolute Gasteiger partial charge is 0.465 e. The number of hydrogen-bond acceptors (Lipinski definition) is 2. The van der Waals surface area contributed by atoms with Gasteiger partial charge in [-0.2, -0.15) is 0 Å². The average molecular weight is 211 g/mol. The maximum absolute atomic E-state index is 5.75. The highest BCUT2D eigenvalue weighted by atomic mass is 32.1. The molecule has 0 aromatic rings. The predicted octanol–water partition coefficient (Wildman–Crippen LogP) is 1.36. The summed E-state index contributed by atoms with van der Waals surface area (Å²) < 4.78 is 5.75. The van der Waals surface area contributed by atoms with Crippen molar-refractivity contribution in [2.75, 3.05) is 7.05 Å². The molecule has 0 bridgehead atoms. The molecule has 1 saturated heterocycles. The molecule has 1 aliphatic carbocycles. The van der Waals surface area contributed by atoms with Gasteiger partial charge in [0.1, 0.15) is 14.0 Å². The molecule has 2 fully saturated rings. The number of rotatable bonds is 0. The summed E-state index contributed by atoms with van der Waals surface area (Å²) in [6.07, 6.45) is 5.31. The molecule has 14 heavy (non-hydrogen) atoms. The highest BCUT2D eigenvalue weighted by molar-refractivity contribution is 7.80. The first kappa shape index (κ1) is 10.3. The van der Waals surface area contributed by atoms with Crippen LogP contribution < -0.4 is 0 Å². The fraction of sp³-hybridized carbons (Fsp3) is 0.900. The van der Waals surface area contributed by atoms with Crippen LogP contribution in [0, 0.1) is 0 Å². The number of likely N-dealkylation sites (N-methyl/N-ethyl adjacent to an activating group) is 1. The minimum atomic E-state index is 0.338. The predicted molar refractivity (Wildman–Crippen MR) is 64.4 cm³/mol. The lowest BCUT2D eigenvalue weighted by atomic mass is 9.65. The van der Waals surface area contributed by atoms with E-state index in [9.17, 15) is 0 Å². The number of nitrogens with zero attached hydrogens (tertiary/aromatic N) is 1. The molecule has 3 atom stereocenters. The third kappa shape index (κ3) is 1.77. The molecular weight excluding hydrogens is 193 g/mol. The quantitative estimate of drug-likeness (QED) is 0.443. The normalized spacial score (nSPS) is 43.0. The summed E-state index contributed by atoms with van der Waals surface area (Å²) in [5, 5.41) is 1.11. The van der Waals surface area contributed by atoms with Crippen molar-refractivity contribution in [3.8, 4) is 0 Å². The van der Waals surface area contributed by atoms with Crippen LogP contribution >= 0.6 is 12.2 Å². The van der Waals surface area contributed by atoms with Crippen LogP contribution in [0.2, 0.25) is 5.31 Å². The molecule has 2 aliphatic rings. The first-order valence-electron chi connectivity index (χ1n) is 5.43. The highest BCUT2D eigenvalue weighted by Crippen LogP contribution is 2.42. The van der Waals surface area contributed by atoms with E-state index in [0.717, 1.165) is 6.42 Å². The third-order valence-corrected chi connectivity index (χ3v) is 3.96. The first-order valence-corrected chi connectivity index (χ1v) is 5.84. The molecule has 0 radical (unpaired) electrons. The van der Waals surface area contributed by atoms with E-state index in [1.165, 1.54) is 19.3 Å². The molecule has 0 aromatic heterocycles. The van der Waals surface area contributed by atoms with Crippen LogP contribution in [0.5, 0.6) is 0 Å². The van der Waals surface area contributed by atoms with Gasteiger partial charge in [-0.25, -0.2) is 0 Å². The Morgan fingerprint density at radius 2 is 2.36 bits per heavy atom. The maximum atomic E-state index is 5.75. The maximum Gasteiger partial charge on any atom is 0.259 e. The summed E-state index contributed by atoms with van der Waals surface area (Å²) in [4.78, 5) is 2.14. The molecule has 0 N–H and O–H groups in total. The monoisotopic (exact) mass is 211 g/mol. The van der Waals surface area contributed by atoms with E-state index in [1.807, 2.05) is 0 Å². The second-order valence-corrected chi connectivity index (χ2v) is 5.71. The summed E-state index contributed by atoms with van der Waals surface area (Å²) in [5.41, 5.74) is 0. The van der Waals surface area contributed by atoms with Crippen LogP contribution in [-0.2, 0) is 4.74 Å². The van der Waals surface area contributed by atoms with E-state index >= 15 is 0 Å². The Bertz CT molecular complexity index is 257. The van der Waals surface area contributed by atoms with Gasteiger partial charge in [0.05, 0.1) is 6.04 Å². The Hall–Kier alpha value is -0.245. The van der Waals surface area contributed by atoms with Gasteiger partial charge in [0, 0.05) is 7.05 Å². The average Bonchev–Trinajstić information content (AvgIpc) is 2.28. The van der Waals surface area contributed by atoms with Gasteiger partial charge in [0.15, 0.2) is 0 Å². The Morgan fingerprint density at radius 1 is 1.64 bits per heavy atom. The molecule has 2 unspecified atom stereocenters. The van der Waals surface area contributed by atoms with Crippen molar-refractivity contribution < 1.29 is 4.74 Å². The Kier molecular flexibility index (Phi) is 2.50. The molecule has 2 rings (SSSR count).